The topological polar surface area (TPSA) is 113 Å². The molecule has 2 rings (SSSR count). The number of benzene rings is 1. The summed E-state index contributed by atoms with van der Waals surface area (Å²) in [4.78, 5) is 23.1. The summed E-state index contributed by atoms with van der Waals surface area (Å²) in [6.07, 6.45) is 0. The van der Waals surface area contributed by atoms with Crippen LogP contribution >= 0.6 is 11.3 Å². The minimum Gasteiger partial charge on any atom is -0.545 e. The summed E-state index contributed by atoms with van der Waals surface area (Å²) < 4.78 is 32.8. The number of carbonyl (C=O) groups is 2. The molecule has 0 amide bonds. The molecule has 7 nitrogen and oxygen atoms in total. The molecule has 9 heteroatoms. The Balaban J connectivity index is 2.43. The third-order valence-electron chi connectivity index (χ3n) is 3.76. The lowest BCUT2D eigenvalue weighted by molar-refractivity contribution is -0.255. The Hall–Kier alpha value is -2.39. The SMILES string of the molecule is CCOC(=O)c1sc(NS(=O)(=O)c2cc(C(=O)[O-])cc(C)c2C)cc1C. The molecule has 0 saturated heterocycles. The zero-order valence-corrected chi connectivity index (χ0v) is 16.3. The highest BCUT2D eigenvalue weighted by Gasteiger charge is 2.22. The van der Waals surface area contributed by atoms with Gasteiger partial charge < -0.3 is 14.6 Å². The molecule has 0 bridgehead atoms. The normalized spacial score (nSPS) is 11.2. The molecule has 26 heavy (non-hydrogen) atoms. The van der Waals surface area contributed by atoms with Crippen LogP contribution in [0.2, 0.25) is 0 Å². The predicted octanol–water partition coefficient (Wildman–Crippen LogP) is 2.01. The van der Waals surface area contributed by atoms with Gasteiger partial charge in [0, 0.05) is 0 Å². The molecule has 0 fully saturated rings. The van der Waals surface area contributed by atoms with E-state index in [-0.39, 0.29) is 22.1 Å². The van der Waals surface area contributed by atoms with E-state index in [0.717, 1.165) is 17.4 Å². The summed E-state index contributed by atoms with van der Waals surface area (Å²) in [6.45, 7) is 6.78. The van der Waals surface area contributed by atoms with Gasteiger partial charge in [0.25, 0.3) is 10.0 Å². The van der Waals surface area contributed by atoms with Crippen LogP contribution in [0.15, 0.2) is 23.1 Å². The number of sulfonamides is 1. The van der Waals surface area contributed by atoms with Crippen LogP contribution in [0.5, 0.6) is 0 Å². The van der Waals surface area contributed by atoms with Gasteiger partial charge in [-0.25, -0.2) is 13.2 Å². The summed E-state index contributed by atoms with van der Waals surface area (Å²) in [7, 11) is -4.05. The van der Waals surface area contributed by atoms with E-state index < -0.39 is 22.0 Å². The highest BCUT2D eigenvalue weighted by molar-refractivity contribution is 7.93. The van der Waals surface area contributed by atoms with Crippen LogP contribution in [0.3, 0.4) is 0 Å². The third kappa shape index (κ3) is 4.05. The van der Waals surface area contributed by atoms with E-state index in [1.807, 2.05) is 0 Å². The summed E-state index contributed by atoms with van der Waals surface area (Å²) in [5.74, 6) is -1.98. The van der Waals surface area contributed by atoms with Crippen LogP contribution in [0.4, 0.5) is 5.00 Å². The molecule has 0 aliphatic heterocycles. The van der Waals surface area contributed by atoms with Crippen molar-refractivity contribution >= 4 is 38.3 Å². The number of aromatic carboxylic acids is 1. The molecule has 0 saturated carbocycles. The van der Waals surface area contributed by atoms with Gasteiger partial charge in [-0.3, -0.25) is 4.72 Å². The van der Waals surface area contributed by atoms with E-state index in [1.165, 1.54) is 12.1 Å². The number of hydrogen-bond donors (Lipinski definition) is 1. The largest absolute Gasteiger partial charge is 0.545 e. The van der Waals surface area contributed by atoms with Crippen molar-refractivity contribution in [2.24, 2.45) is 0 Å². The average molecular weight is 396 g/mol. The molecule has 0 aliphatic rings. The molecule has 140 valence electrons. The fourth-order valence-electron chi connectivity index (χ4n) is 2.34. The van der Waals surface area contributed by atoms with E-state index >= 15 is 0 Å². The van der Waals surface area contributed by atoms with Gasteiger partial charge in [-0.2, -0.15) is 0 Å². The molecule has 1 heterocycles. The van der Waals surface area contributed by atoms with Crippen molar-refractivity contribution in [2.45, 2.75) is 32.6 Å². The molecular weight excluding hydrogens is 378 g/mol. The van der Waals surface area contributed by atoms with Crippen molar-refractivity contribution in [3.05, 3.63) is 45.3 Å². The van der Waals surface area contributed by atoms with Crippen molar-refractivity contribution < 1.29 is 27.9 Å². The number of nitrogens with one attached hydrogen (secondary N) is 1. The molecule has 0 atom stereocenters. The molecule has 0 unspecified atom stereocenters. The number of hydrogen-bond acceptors (Lipinski definition) is 7. The second-order valence-corrected chi connectivity index (χ2v) is 8.36. The van der Waals surface area contributed by atoms with E-state index in [9.17, 15) is 23.1 Å². The van der Waals surface area contributed by atoms with Gasteiger partial charge in [0.15, 0.2) is 0 Å². The summed E-state index contributed by atoms with van der Waals surface area (Å²) >= 11 is 0.956. The van der Waals surface area contributed by atoms with Crippen LogP contribution < -0.4 is 9.83 Å². The average Bonchev–Trinajstić information content (AvgIpc) is 2.89. The Morgan fingerprint density at radius 3 is 2.38 bits per heavy atom. The Morgan fingerprint density at radius 1 is 1.15 bits per heavy atom. The van der Waals surface area contributed by atoms with Crippen molar-refractivity contribution in [1.29, 1.82) is 0 Å². The smallest absolute Gasteiger partial charge is 0.348 e. The quantitative estimate of drug-likeness (QED) is 0.748. The molecule has 1 aromatic heterocycles. The predicted molar refractivity (Wildman–Crippen MR) is 96.1 cm³/mol. The lowest BCUT2D eigenvalue weighted by Crippen LogP contribution is -2.23. The fraction of sp³-hybridized carbons (Fsp3) is 0.294. The maximum Gasteiger partial charge on any atom is 0.348 e. The lowest BCUT2D eigenvalue weighted by Gasteiger charge is -2.14. The van der Waals surface area contributed by atoms with Gasteiger partial charge in [0.2, 0.25) is 0 Å². The summed E-state index contributed by atoms with van der Waals surface area (Å²) in [5.41, 5.74) is 1.31. The number of aryl methyl sites for hydroxylation is 2. The zero-order chi connectivity index (χ0) is 19.6. The summed E-state index contributed by atoms with van der Waals surface area (Å²) in [5, 5.41) is 11.3. The van der Waals surface area contributed by atoms with Crippen LogP contribution in [0, 0.1) is 20.8 Å². The molecular formula is C17H18NO6S2-. The standard InChI is InChI=1S/C17H19NO6S2/c1-5-24-17(21)15-10(3)7-14(25-15)18-26(22,23)13-8-12(16(19)20)6-9(2)11(13)4/h6-8,18H,5H2,1-4H3,(H,19,20)/p-1. The van der Waals surface area contributed by atoms with Gasteiger partial charge in [-0.15, -0.1) is 11.3 Å². The molecule has 1 aromatic carbocycles. The number of esters is 1. The van der Waals surface area contributed by atoms with E-state index in [0.29, 0.717) is 21.6 Å². The van der Waals surface area contributed by atoms with Gasteiger partial charge >= 0.3 is 5.97 Å². The van der Waals surface area contributed by atoms with Crippen molar-refractivity contribution in [3.8, 4) is 0 Å². The van der Waals surface area contributed by atoms with Gasteiger partial charge in [-0.1, -0.05) is 0 Å². The second-order valence-electron chi connectivity index (χ2n) is 5.65. The highest BCUT2D eigenvalue weighted by atomic mass is 32.2. The number of carboxylic acids is 1. The molecule has 0 radical (unpaired) electrons. The first kappa shape index (κ1) is 19.9. The van der Waals surface area contributed by atoms with Crippen LogP contribution in [-0.2, 0) is 14.8 Å². The number of carboxylic acid groups (broad SMARTS) is 1. The van der Waals surface area contributed by atoms with Crippen LogP contribution in [0.1, 0.15) is 43.6 Å². The Bertz CT molecular complexity index is 975. The number of ether oxygens (including phenoxy) is 1. The summed E-state index contributed by atoms with van der Waals surface area (Å²) in [6, 6.07) is 3.95. The van der Waals surface area contributed by atoms with Crippen molar-refractivity contribution in [3.63, 3.8) is 0 Å². The van der Waals surface area contributed by atoms with E-state index in [2.05, 4.69) is 4.72 Å². The number of anilines is 1. The third-order valence-corrected chi connectivity index (χ3v) is 6.51. The molecule has 0 aliphatic carbocycles. The molecule has 0 spiro atoms. The zero-order valence-electron chi connectivity index (χ0n) is 14.7. The van der Waals surface area contributed by atoms with Crippen molar-refractivity contribution in [2.75, 3.05) is 11.3 Å². The van der Waals surface area contributed by atoms with E-state index in [4.69, 9.17) is 4.74 Å². The molecule has 2 aromatic rings. The van der Waals surface area contributed by atoms with Crippen molar-refractivity contribution in [1.82, 2.24) is 0 Å². The maximum atomic E-state index is 12.7. The number of carbonyl (C=O) groups excluding carboxylic acids is 2. The number of rotatable bonds is 6. The first-order chi connectivity index (χ1) is 12.1. The highest BCUT2D eigenvalue weighted by Crippen LogP contribution is 2.30. The molecule has 1 N–H and O–H groups in total. The van der Waals surface area contributed by atoms with Crippen LogP contribution in [-0.4, -0.2) is 27.0 Å². The minimum atomic E-state index is -4.05. The number of thiophene rings is 1. The first-order valence-corrected chi connectivity index (χ1v) is 9.99. The van der Waals surface area contributed by atoms with E-state index in [1.54, 1.807) is 27.7 Å². The Kier molecular flexibility index (Phi) is 5.72. The lowest BCUT2D eigenvalue weighted by atomic mass is 10.1. The second kappa shape index (κ2) is 7.46. The fourth-order valence-corrected chi connectivity index (χ4v) is 4.94. The Morgan fingerprint density at radius 2 is 1.81 bits per heavy atom. The van der Waals surface area contributed by atoms with Gasteiger partial charge in [0.1, 0.15) is 9.88 Å². The minimum absolute atomic E-state index is 0.152. The first-order valence-electron chi connectivity index (χ1n) is 7.69. The Labute approximate surface area is 155 Å². The maximum absolute atomic E-state index is 12.7. The van der Waals surface area contributed by atoms with Gasteiger partial charge in [-0.05, 0) is 68.1 Å². The van der Waals surface area contributed by atoms with Gasteiger partial charge in [0.05, 0.1) is 17.5 Å². The monoisotopic (exact) mass is 396 g/mol. The van der Waals surface area contributed by atoms with Crippen LogP contribution in [0.25, 0.3) is 0 Å².